The summed E-state index contributed by atoms with van der Waals surface area (Å²) in [7, 11) is 3.63. The minimum atomic E-state index is -0.00971. The van der Waals surface area contributed by atoms with Crippen molar-refractivity contribution in [2.75, 3.05) is 13.7 Å². The first-order valence-corrected chi connectivity index (χ1v) is 11.4. The van der Waals surface area contributed by atoms with Crippen molar-refractivity contribution < 1.29 is 9.53 Å². The van der Waals surface area contributed by atoms with E-state index < -0.39 is 0 Å². The van der Waals surface area contributed by atoms with E-state index in [9.17, 15) is 4.79 Å². The first kappa shape index (κ1) is 21.5. The number of aromatic nitrogens is 3. The number of amides is 1. The molecule has 2 aromatic heterocycles. The summed E-state index contributed by atoms with van der Waals surface area (Å²) in [4.78, 5) is 13.4. The molecular weight excluding hydrogens is 388 g/mol. The molecule has 31 heavy (non-hydrogen) atoms. The SMILES string of the molecule is COc1ccc2c(c1)c(C(=O)NCCc1c(C)nn(C)c1C)c(C)n2C1CCCCC1. The zero-order valence-electron chi connectivity index (χ0n) is 19.4. The predicted octanol–water partition coefficient (Wildman–Crippen LogP) is 4.79. The van der Waals surface area contributed by atoms with Gasteiger partial charge >= 0.3 is 0 Å². The van der Waals surface area contributed by atoms with Gasteiger partial charge in [-0.3, -0.25) is 9.48 Å². The maximum atomic E-state index is 13.4. The number of carbonyl (C=O) groups excluding carboxylic acids is 1. The van der Waals surface area contributed by atoms with Crippen molar-refractivity contribution in [2.24, 2.45) is 7.05 Å². The third kappa shape index (κ3) is 3.95. The Bertz CT molecular complexity index is 1100. The maximum absolute atomic E-state index is 13.4. The van der Waals surface area contributed by atoms with Gasteiger partial charge in [0, 0.05) is 41.9 Å². The molecule has 6 heteroatoms. The van der Waals surface area contributed by atoms with E-state index in [0.717, 1.165) is 45.7 Å². The second kappa shape index (κ2) is 8.77. The Morgan fingerprint density at radius 1 is 1.16 bits per heavy atom. The summed E-state index contributed by atoms with van der Waals surface area (Å²) in [6.07, 6.45) is 6.95. The topological polar surface area (TPSA) is 61.1 Å². The van der Waals surface area contributed by atoms with Crippen LogP contribution in [0.3, 0.4) is 0 Å². The Kier molecular flexibility index (Phi) is 6.08. The van der Waals surface area contributed by atoms with Crippen molar-refractivity contribution in [2.45, 2.75) is 65.3 Å². The molecule has 6 nitrogen and oxygen atoms in total. The van der Waals surface area contributed by atoms with Crippen LogP contribution in [-0.2, 0) is 13.5 Å². The second-order valence-electron chi connectivity index (χ2n) is 8.78. The fourth-order valence-corrected chi connectivity index (χ4v) is 5.21. The fourth-order valence-electron chi connectivity index (χ4n) is 5.21. The lowest BCUT2D eigenvalue weighted by Gasteiger charge is -2.26. The molecule has 1 aliphatic carbocycles. The van der Waals surface area contributed by atoms with Crippen LogP contribution in [0, 0.1) is 20.8 Å². The fraction of sp³-hybridized carbons (Fsp3) is 0.520. The second-order valence-corrected chi connectivity index (χ2v) is 8.78. The zero-order valence-corrected chi connectivity index (χ0v) is 19.4. The highest BCUT2D eigenvalue weighted by atomic mass is 16.5. The van der Waals surface area contributed by atoms with Crippen molar-refractivity contribution in [3.05, 3.63) is 46.4 Å². The van der Waals surface area contributed by atoms with E-state index >= 15 is 0 Å². The molecular formula is C25H34N4O2. The van der Waals surface area contributed by atoms with Crippen LogP contribution in [-0.4, -0.2) is 33.9 Å². The number of hydrogen-bond donors (Lipinski definition) is 1. The van der Waals surface area contributed by atoms with Gasteiger partial charge in [0.15, 0.2) is 0 Å². The molecule has 0 unspecified atom stereocenters. The monoisotopic (exact) mass is 422 g/mol. The molecule has 1 fully saturated rings. The normalized spacial score (nSPS) is 14.9. The van der Waals surface area contributed by atoms with Crippen molar-refractivity contribution >= 4 is 16.8 Å². The van der Waals surface area contributed by atoms with Crippen molar-refractivity contribution in [3.63, 3.8) is 0 Å². The van der Waals surface area contributed by atoms with E-state index in [1.807, 2.05) is 30.8 Å². The van der Waals surface area contributed by atoms with Crippen LogP contribution >= 0.6 is 0 Å². The third-order valence-corrected chi connectivity index (χ3v) is 6.94. The standard InChI is InChI=1S/C25H34N4O2/c1-16-21(17(2)28(4)27-16)13-14-26-25(30)24-18(3)29(19-9-7-6-8-10-19)23-12-11-20(31-5)15-22(23)24/h11-12,15,19H,6-10,13-14H2,1-5H3,(H,26,30). The molecule has 0 saturated heterocycles. The third-order valence-electron chi connectivity index (χ3n) is 6.94. The molecule has 0 spiro atoms. The van der Waals surface area contributed by atoms with E-state index in [2.05, 4.69) is 34.9 Å². The van der Waals surface area contributed by atoms with Crippen molar-refractivity contribution in [3.8, 4) is 5.75 Å². The number of aryl methyl sites for hydroxylation is 2. The summed E-state index contributed by atoms with van der Waals surface area (Å²) < 4.78 is 9.77. The van der Waals surface area contributed by atoms with Crippen LogP contribution in [0.25, 0.3) is 10.9 Å². The van der Waals surface area contributed by atoms with E-state index in [1.54, 1.807) is 7.11 Å². The van der Waals surface area contributed by atoms with Gasteiger partial charge < -0.3 is 14.6 Å². The van der Waals surface area contributed by atoms with Crippen molar-refractivity contribution in [1.82, 2.24) is 19.7 Å². The van der Waals surface area contributed by atoms with E-state index in [4.69, 9.17) is 4.74 Å². The number of rotatable bonds is 6. The molecule has 0 aliphatic heterocycles. The Balaban J connectivity index is 1.63. The predicted molar refractivity (Wildman–Crippen MR) is 124 cm³/mol. The number of nitrogens with zero attached hydrogens (tertiary/aromatic N) is 3. The van der Waals surface area contributed by atoms with Crippen LogP contribution in [0.15, 0.2) is 18.2 Å². The average Bonchev–Trinajstić information content (AvgIpc) is 3.20. The average molecular weight is 423 g/mol. The molecule has 1 amide bonds. The van der Waals surface area contributed by atoms with Gasteiger partial charge in [-0.1, -0.05) is 19.3 Å². The summed E-state index contributed by atoms with van der Waals surface area (Å²) in [6, 6.07) is 6.57. The van der Waals surface area contributed by atoms with Crippen molar-refractivity contribution in [1.29, 1.82) is 0 Å². The van der Waals surface area contributed by atoms with Crippen LogP contribution in [0.1, 0.15) is 71.1 Å². The Morgan fingerprint density at radius 2 is 1.90 bits per heavy atom. The number of fused-ring (bicyclic) bond motifs is 1. The Labute approximate surface area is 184 Å². The van der Waals surface area contributed by atoms with Crippen LogP contribution in [0.2, 0.25) is 0 Å². The van der Waals surface area contributed by atoms with E-state index in [1.165, 1.54) is 37.7 Å². The Hall–Kier alpha value is -2.76. The molecule has 1 aliphatic rings. The smallest absolute Gasteiger partial charge is 0.253 e. The van der Waals surface area contributed by atoms with Crippen LogP contribution in [0.5, 0.6) is 5.75 Å². The minimum absolute atomic E-state index is 0.00971. The lowest BCUT2D eigenvalue weighted by atomic mass is 9.95. The van der Waals surface area contributed by atoms with Gasteiger partial charge in [-0.05, 0) is 63.8 Å². The van der Waals surface area contributed by atoms with Gasteiger partial charge in [0.2, 0.25) is 0 Å². The van der Waals surface area contributed by atoms with E-state index in [-0.39, 0.29) is 5.91 Å². The van der Waals surface area contributed by atoms with Gasteiger partial charge in [0.1, 0.15) is 5.75 Å². The molecule has 3 aromatic rings. The van der Waals surface area contributed by atoms with Crippen LogP contribution < -0.4 is 10.1 Å². The highest BCUT2D eigenvalue weighted by molar-refractivity contribution is 6.08. The highest BCUT2D eigenvalue weighted by Gasteiger charge is 2.25. The lowest BCUT2D eigenvalue weighted by Crippen LogP contribution is -2.27. The molecule has 166 valence electrons. The maximum Gasteiger partial charge on any atom is 0.253 e. The molecule has 0 atom stereocenters. The molecule has 0 bridgehead atoms. The Morgan fingerprint density at radius 3 is 2.55 bits per heavy atom. The number of nitrogens with one attached hydrogen (secondary N) is 1. The van der Waals surface area contributed by atoms with E-state index in [0.29, 0.717) is 12.6 Å². The zero-order chi connectivity index (χ0) is 22.1. The minimum Gasteiger partial charge on any atom is -0.497 e. The van der Waals surface area contributed by atoms with Gasteiger partial charge in [0.25, 0.3) is 5.91 Å². The highest BCUT2D eigenvalue weighted by Crippen LogP contribution is 2.37. The molecule has 2 heterocycles. The lowest BCUT2D eigenvalue weighted by molar-refractivity contribution is 0.0954. The summed E-state index contributed by atoms with van der Waals surface area (Å²) >= 11 is 0. The van der Waals surface area contributed by atoms with Gasteiger partial charge in [-0.2, -0.15) is 5.10 Å². The molecule has 1 N–H and O–H groups in total. The van der Waals surface area contributed by atoms with Crippen LogP contribution in [0.4, 0.5) is 0 Å². The molecule has 1 aromatic carbocycles. The first-order valence-electron chi connectivity index (χ1n) is 11.4. The largest absolute Gasteiger partial charge is 0.497 e. The molecule has 1 saturated carbocycles. The summed E-state index contributed by atoms with van der Waals surface area (Å²) in [5.41, 5.74) is 6.37. The molecule has 0 radical (unpaired) electrons. The first-order chi connectivity index (χ1) is 14.9. The van der Waals surface area contributed by atoms with Gasteiger partial charge in [0.05, 0.1) is 18.4 Å². The van der Waals surface area contributed by atoms with Gasteiger partial charge in [-0.25, -0.2) is 0 Å². The number of methoxy groups -OCH3 is 1. The number of benzene rings is 1. The van der Waals surface area contributed by atoms with Gasteiger partial charge in [-0.15, -0.1) is 0 Å². The summed E-state index contributed by atoms with van der Waals surface area (Å²) in [5, 5.41) is 8.63. The number of carbonyl (C=O) groups is 1. The number of ether oxygens (including phenoxy) is 1. The number of hydrogen-bond acceptors (Lipinski definition) is 3. The summed E-state index contributed by atoms with van der Waals surface area (Å²) in [5.74, 6) is 0.772. The quantitative estimate of drug-likeness (QED) is 0.621. The summed E-state index contributed by atoms with van der Waals surface area (Å²) in [6.45, 7) is 6.78. The molecule has 4 rings (SSSR count).